The van der Waals surface area contributed by atoms with Crippen LogP contribution in [0.1, 0.15) is 11.3 Å². The van der Waals surface area contributed by atoms with Crippen molar-refractivity contribution in [3.05, 3.63) is 70.5 Å². The van der Waals surface area contributed by atoms with Gasteiger partial charge in [-0.15, -0.1) is 0 Å². The molecule has 1 aromatic carbocycles. The Morgan fingerprint density at radius 2 is 1.88 bits per heavy atom. The van der Waals surface area contributed by atoms with E-state index in [0.717, 1.165) is 5.41 Å². The zero-order chi connectivity index (χ0) is 17.9. The van der Waals surface area contributed by atoms with E-state index in [1.54, 1.807) is 55.7 Å². The van der Waals surface area contributed by atoms with Crippen molar-refractivity contribution >= 4 is 33.5 Å². The van der Waals surface area contributed by atoms with Gasteiger partial charge in [0.1, 0.15) is 5.82 Å². The summed E-state index contributed by atoms with van der Waals surface area (Å²) < 4.78 is 28.5. The van der Waals surface area contributed by atoms with Gasteiger partial charge in [-0.3, -0.25) is 4.72 Å². The third-order valence-electron chi connectivity index (χ3n) is 3.15. The largest absolute Gasteiger partial charge is 0.264 e. The van der Waals surface area contributed by atoms with Gasteiger partial charge in [0.15, 0.2) is 0 Å². The fraction of sp³-hybridized carbons (Fsp3) is 0.0625. The van der Waals surface area contributed by atoms with Crippen molar-refractivity contribution in [2.45, 2.75) is 6.92 Å². The Hall–Kier alpha value is -2.71. The summed E-state index contributed by atoms with van der Waals surface area (Å²) in [6, 6.07) is 10.2. The lowest BCUT2D eigenvalue weighted by Crippen LogP contribution is -2.14. The summed E-state index contributed by atoms with van der Waals surface area (Å²) in [6.45, 7) is 1.75. The van der Waals surface area contributed by atoms with Crippen molar-refractivity contribution in [1.82, 2.24) is 19.7 Å². The van der Waals surface area contributed by atoms with Gasteiger partial charge in [0.2, 0.25) is 0 Å². The minimum Gasteiger partial charge on any atom is -0.264 e. The Morgan fingerprint density at radius 3 is 2.60 bits per heavy atom. The molecular formula is C16H14ClN5O2S. The number of sulfonamides is 1. The Balaban J connectivity index is 1.88. The SMILES string of the molecule is Cc1cc(NS(=O)(=O)/C=C/c2ccccc2Cl)n(-c2ncccn2)n1. The van der Waals surface area contributed by atoms with E-state index in [2.05, 4.69) is 19.8 Å². The average molecular weight is 376 g/mol. The molecule has 0 unspecified atom stereocenters. The topological polar surface area (TPSA) is 89.8 Å². The number of anilines is 1. The maximum atomic E-state index is 12.4. The van der Waals surface area contributed by atoms with Gasteiger partial charge in [-0.25, -0.2) is 18.4 Å². The molecule has 0 radical (unpaired) electrons. The molecule has 0 aliphatic heterocycles. The van der Waals surface area contributed by atoms with E-state index in [4.69, 9.17) is 11.6 Å². The van der Waals surface area contributed by atoms with Crippen LogP contribution in [0.5, 0.6) is 0 Å². The van der Waals surface area contributed by atoms with E-state index in [1.165, 1.54) is 10.8 Å². The highest BCUT2D eigenvalue weighted by Gasteiger charge is 2.14. The van der Waals surface area contributed by atoms with Crippen LogP contribution in [-0.4, -0.2) is 28.2 Å². The van der Waals surface area contributed by atoms with Crippen LogP contribution in [-0.2, 0) is 10.0 Å². The number of aryl methyl sites for hydroxylation is 1. The Morgan fingerprint density at radius 1 is 1.16 bits per heavy atom. The van der Waals surface area contributed by atoms with Crippen LogP contribution in [0.15, 0.2) is 54.2 Å². The molecule has 25 heavy (non-hydrogen) atoms. The molecule has 9 heteroatoms. The molecule has 3 aromatic rings. The van der Waals surface area contributed by atoms with Crippen LogP contribution in [0.25, 0.3) is 12.0 Å². The number of nitrogens with one attached hydrogen (secondary N) is 1. The Kier molecular flexibility index (Phi) is 4.82. The van der Waals surface area contributed by atoms with Gasteiger partial charge < -0.3 is 0 Å². The van der Waals surface area contributed by atoms with Crippen LogP contribution in [0.4, 0.5) is 5.82 Å². The molecular weight excluding hydrogens is 362 g/mol. The van der Waals surface area contributed by atoms with Gasteiger partial charge >= 0.3 is 0 Å². The van der Waals surface area contributed by atoms with E-state index in [-0.39, 0.29) is 11.8 Å². The van der Waals surface area contributed by atoms with Crippen LogP contribution in [0.3, 0.4) is 0 Å². The van der Waals surface area contributed by atoms with Gasteiger partial charge in [0.05, 0.1) is 11.1 Å². The number of hydrogen-bond acceptors (Lipinski definition) is 5. The second-order valence-corrected chi connectivity index (χ2v) is 7.08. The van der Waals surface area contributed by atoms with E-state index < -0.39 is 10.0 Å². The quantitative estimate of drug-likeness (QED) is 0.740. The fourth-order valence-electron chi connectivity index (χ4n) is 2.08. The van der Waals surface area contributed by atoms with Crippen molar-refractivity contribution in [1.29, 1.82) is 0 Å². The van der Waals surface area contributed by atoms with Crippen molar-refractivity contribution in [2.24, 2.45) is 0 Å². The van der Waals surface area contributed by atoms with Crippen molar-refractivity contribution < 1.29 is 8.42 Å². The van der Waals surface area contributed by atoms with Crippen LogP contribution >= 0.6 is 11.6 Å². The van der Waals surface area contributed by atoms with Crippen molar-refractivity contribution in [3.8, 4) is 5.95 Å². The molecule has 0 aliphatic carbocycles. The maximum absolute atomic E-state index is 12.4. The number of nitrogens with zero attached hydrogens (tertiary/aromatic N) is 4. The second-order valence-electron chi connectivity index (χ2n) is 5.10. The monoisotopic (exact) mass is 375 g/mol. The summed E-state index contributed by atoms with van der Waals surface area (Å²) in [5.74, 6) is 0.510. The van der Waals surface area contributed by atoms with Crippen molar-refractivity contribution in [3.63, 3.8) is 0 Å². The molecule has 0 saturated carbocycles. The summed E-state index contributed by atoms with van der Waals surface area (Å²) in [4.78, 5) is 8.15. The van der Waals surface area contributed by atoms with Gasteiger partial charge in [0.25, 0.3) is 16.0 Å². The number of halogens is 1. The third kappa shape index (κ3) is 4.23. The number of hydrogen-bond donors (Lipinski definition) is 1. The summed E-state index contributed by atoms with van der Waals surface area (Å²) in [7, 11) is -3.77. The first-order valence-corrected chi connectivity index (χ1v) is 9.16. The van der Waals surface area contributed by atoms with E-state index >= 15 is 0 Å². The number of rotatable bonds is 5. The minimum absolute atomic E-state index is 0.243. The maximum Gasteiger partial charge on any atom is 0.256 e. The first kappa shape index (κ1) is 17.1. The van der Waals surface area contributed by atoms with E-state index in [9.17, 15) is 8.42 Å². The number of benzene rings is 1. The molecule has 0 amide bonds. The fourth-order valence-corrected chi connectivity index (χ4v) is 3.11. The minimum atomic E-state index is -3.77. The molecule has 0 aliphatic rings. The highest BCUT2D eigenvalue weighted by atomic mass is 35.5. The molecule has 2 heterocycles. The predicted molar refractivity (Wildman–Crippen MR) is 96.9 cm³/mol. The molecule has 2 aromatic heterocycles. The number of aromatic nitrogens is 4. The lowest BCUT2D eigenvalue weighted by molar-refractivity contribution is 0.609. The van der Waals surface area contributed by atoms with Crippen LogP contribution < -0.4 is 4.72 Å². The van der Waals surface area contributed by atoms with Crippen LogP contribution in [0.2, 0.25) is 5.02 Å². The summed E-state index contributed by atoms with van der Waals surface area (Å²) in [5, 5.41) is 5.73. The standard InChI is InChI=1S/C16H14ClN5O2S/c1-12-11-15(22(20-12)16-18-8-4-9-19-16)21-25(23,24)10-7-13-5-2-3-6-14(13)17/h2-11,21H,1H3/b10-7+. The zero-order valence-electron chi connectivity index (χ0n) is 13.2. The Labute approximate surface area is 150 Å². The summed E-state index contributed by atoms with van der Waals surface area (Å²) in [6.07, 6.45) is 4.53. The third-order valence-corrected chi connectivity index (χ3v) is 4.48. The van der Waals surface area contributed by atoms with Gasteiger partial charge in [-0.1, -0.05) is 29.8 Å². The molecule has 0 bridgehead atoms. The average Bonchev–Trinajstić information content (AvgIpc) is 2.94. The zero-order valence-corrected chi connectivity index (χ0v) is 14.7. The van der Waals surface area contributed by atoms with E-state index in [1.807, 2.05) is 0 Å². The van der Waals surface area contributed by atoms with E-state index in [0.29, 0.717) is 16.3 Å². The molecule has 0 atom stereocenters. The van der Waals surface area contributed by atoms with Gasteiger partial charge in [-0.05, 0) is 30.7 Å². The summed E-state index contributed by atoms with van der Waals surface area (Å²) >= 11 is 6.02. The second kappa shape index (κ2) is 7.04. The lowest BCUT2D eigenvalue weighted by atomic mass is 10.2. The molecule has 3 rings (SSSR count). The van der Waals surface area contributed by atoms with Crippen LogP contribution in [0, 0.1) is 6.92 Å². The van der Waals surface area contributed by atoms with Gasteiger partial charge in [-0.2, -0.15) is 9.78 Å². The molecule has 0 spiro atoms. The van der Waals surface area contributed by atoms with Crippen molar-refractivity contribution in [2.75, 3.05) is 4.72 Å². The lowest BCUT2D eigenvalue weighted by Gasteiger charge is -2.06. The first-order valence-electron chi connectivity index (χ1n) is 7.24. The molecule has 0 fully saturated rings. The molecule has 128 valence electrons. The molecule has 1 N–H and O–H groups in total. The highest BCUT2D eigenvalue weighted by Crippen LogP contribution is 2.19. The first-order chi connectivity index (χ1) is 11.9. The smallest absolute Gasteiger partial charge is 0.256 e. The molecule has 0 saturated heterocycles. The Bertz CT molecular complexity index is 1020. The molecule has 7 nitrogen and oxygen atoms in total. The normalized spacial score (nSPS) is 11.8. The predicted octanol–water partition coefficient (Wildman–Crippen LogP) is 3.04. The highest BCUT2D eigenvalue weighted by molar-refractivity contribution is 7.95. The summed E-state index contributed by atoms with van der Waals surface area (Å²) in [5.41, 5.74) is 1.23. The van der Waals surface area contributed by atoms with Gasteiger partial charge in [0, 0.05) is 23.5 Å².